The molecule has 0 spiro atoms. The molecule has 0 heterocycles. The molecule has 2 aromatic carbocycles. The largest absolute Gasteiger partial charge is 0.494 e. The van der Waals surface area contributed by atoms with Gasteiger partial charge in [-0.15, -0.1) is 0 Å². The molecule has 0 saturated carbocycles. The van der Waals surface area contributed by atoms with Crippen LogP contribution >= 0.6 is 15.9 Å². The molecule has 0 fully saturated rings. The molecular weight excluding hydrogens is 372 g/mol. The molecule has 5 nitrogen and oxygen atoms in total. The van der Waals surface area contributed by atoms with Gasteiger partial charge in [-0.3, -0.25) is 9.59 Å². The van der Waals surface area contributed by atoms with Crippen molar-refractivity contribution in [1.29, 1.82) is 0 Å². The molecule has 0 bridgehead atoms. The Morgan fingerprint density at radius 1 is 1.08 bits per heavy atom. The van der Waals surface area contributed by atoms with Gasteiger partial charge >= 0.3 is 0 Å². The molecule has 0 unspecified atom stereocenters. The van der Waals surface area contributed by atoms with E-state index < -0.39 is 0 Å². The van der Waals surface area contributed by atoms with Crippen LogP contribution in [0.25, 0.3) is 0 Å². The second kappa shape index (κ2) is 7.97. The minimum atomic E-state index is -0.225. The highest BCUT2D eigenvalue weighted by Crippen LogP contribution is 2.28. The molecule has 126 valence electrons. The Kier molecular flexibility index (Phi) is 5.98. The van der Waals surface area contributed by atoms with Crippen molar-refractivity contribution in [2.75, 3.05) is 17.7 Å². The van der Waals surface area contributed by atoms with Crippen LogP contribution in [-0.2, 0) is 4.79 Å². The monoisotopic (exact) mass is 390 g/mol. The first-order valence-corrected chi connectivity index (χ1v) is 8.26. The summed E-state index contributed by atoms with van der Waals surface area (Å²) in [6.07, 6.45) is 0. The lowest BCUT2D eigenvalue weighted by Crippen LogP contribution is -2.18. The van der Waals surface area contributed by atoms with Crippen LogP contribution in [0.5, 0.6) is 5.75 Å². The number of hydrogen-bond donors (Lipinski definition) is 2. The average Bonchev–Trinajstić information content (AvgIpc) is 2.55. The predicted octanol–water partition coefficient (Wildman–Crippen LogP) is 4.30. The van der Waals surface area contributed by atoms with Crippen molar-refractivity contribution in [3.8, 4) is 5.75 Å². The molecule has 0 aliphatic carbocycles. The quantitative estimate of drug-likeness (QED) is 0.799. The van der Waals surface area contributed by atoms with Crippen LogP contribution in [-0.4, -0.2) is 18.9 Å². The lowest BCUT2D eigenvalue weighted by molar-refractivity contribution is -0.118. The minimum absolute atomic E-state index is 0.0979. The molecule has 2 amide bonds. The van der Waals surface area contributed by atoms with E-state index in [4.69, 9.17) is 4.74 Å². The van der Waals surface area contributed by atoms with E-state index in [-0.39, 0.29) is 17.7 Å². The molecule has 24 heavy (non-hydrogen) atoms. The zero-order valence-electron chi connectivity index (χ0n) is 13.7. The van der Waals surface area contributed by atoms with Crippen LogP contribution in [0.15, 0.2) is 46.9 Å². The molecule has 2 rings (SSSR count). The SMILES string of the molecule is COc1cc(NC(=O)c2cccc(Br)c2)ccc1NC(=O)C(C)C. The lowest BCUT2D eigenvalue weighted by Gasteiger charge is -2.14. The van der Waals surface area contributed by atoms with Crippen molar-refractivity contribution in [2.45, 2.75) is 13.8 Å². The number of amides is 2. The van der Waals surface area contributed by atoms with Crippen LogP contribution in [0.3, 0.4) is 0 Å². The third-order valence-electron chi connectivity index (χ3n) is 3.33. The summed E-state index contributed by atoms with van der Waals surface area (Å²) in [6.45, 7) is 3.63. The maximum absolute atomic E-state index is 12.3. The van der Waals surface area contributed by atoms with Gasteiger partial charge in [0, 0.05) is 27.7 Å². The fourth-order valence-corrected chi connectivity index (χ4v) is 2.38. The number of nitrogens with one attached hydrogen (secondary N) is 2. The second-order valence-electron chi connectivity index (χ2n) is 5.52. The second-order valence-corrected chi connectivity index (χ2v) is 6.44. The molecule has 6 heteroatoms. The number of benzene rings is 2. The van der Waals surface area contributed by atoms with Crippen LogP contribution in [0.2, 0.25) is 0 Å². The third kappa shape index (κ3) is 4.58. The number of carbonyl (C=O) groups is 2. The summed E-state index contributed by atoms with van der Waals surface area (Å²) in [5.41, 5.74) is 1.69. The zero-order valence-corrected chi connectivity index (χ0v) is 15.3. The van der Waals surface area contributed by atoms with E-state index >= 15 is 0 Å². The Morgan fingerprint density at radius 2 is 1.83 bits per heavy atom. The molecule has 0 aliphatic rings. The number of ether oxygens (including phenoxy) is 1. The molecule has 0 radical (unpaired) electrons. The molecule has 0 saturated heterocycles. The molecule has 2 aromatic rings. The predicted molar refractivity (Wildman–Crippen MR) is 98.6 cm³/mol. The van der Waals surface area contributed by atoms with Gasteiger partial charge in [-0.05, 0) is 30.3 Å². The van der Waals surface area contributed by atoms with Gasteiger partial charge in [-0.2, -0.15) is 0 Å². The number of rotatable bonds is 5. The van der Waals surface area contributed by atoms with Gasteiger partial charge in [0.2, 0.25) is 5.91 Å². The first-order valence-electron chi connectivity index (χ1n) is 7.46. The summed E-state index contributed by atoms with van der Waals surface area (Å²) in [6, 6.07) is 12.2. The van der Waals surface area contributed by atoms with E-state index in [1.807, 2.05) is 19.9 Å². The van der Waals surface area contributed by atoms with E-state index in [9.17, 15) is 9.59 Å². The average molecular weight is 391 g/mol. The van der Waals surface area contributed by atoms with E-state index in [0.717, 1.165) is 4.47 Å². The topological polar surface area (TPSA) is 67.4 Å². The number of carbonyl (C=O) groups excluding carboxylic acids is 2. The van der Waals surface area contributed by atoms with E-state index in [0.29, 0.717) is 22.7 Å². The normalized spacial score (nSPS) is 10.4. The molecule has 2 N–H and O–H groups in total. The number of halogens is 1. The maximum atomic E-state index is 12.3. The first kappa shape index (κ1) is 18.0. The summed E-state index contributed by atoms with van der Waals surface area (Å²) in [4.78, 5) is 24.1. The van der Waals surface area contributed by atoms with Crippen molar-refractivity contribution in [1.82, 2.24) is 0 Å². The number of anilines is 2. The highest BCUT2D eigenvalue weighted by molar-refractivity contribution is 9.10. The summed E-state index contributed by atoms with van der Waals surface area (Å²) < 4.78 is 6.13. The Balaban J connectivity index is 2.17. The van der Waals surface area contributed by atoms with Crippen LogP contribution in [0.1, 0.15) is 24.2 Å². The summed E-state index contributed by atoms with van der Waals surface area (Å²) in [5, 5.41) is 5.61. The van der Waals surface area contributed by atoms with E-state index in [2.05, 4.69) is 26.6 Å². The fraction of sp³-hybridized carbons (Fsp3) is 0.222. The summed E-state index contributed by atoms with van der Waals surface area (Å²) in [5.74, 6) is 0.0261. The van der Waals surface area contributed by atoms with Gasteiger partial charge in [0.15, 0.2) is 0 Å². The lowest BCUT2D eigenvalue weighted by atomic mass is 10.2. The van der Waals surface area contributed by atoms with E-state index in [1.54, 1.807) is 36.4 Å². The first-order chi connectivity index (χ1) is 11.4. The van der Waals surface area contributed by atoms with Gasteiger partial charge in [0.1, 0.15) is 5.75 Å². The standard InChI is InChI=1S/C18H19BrN2O3/c1-11(2)17(22)21-15-8-7-14(10-16(15)24-3)20-18(23)12-5-4-6-13(19)9-12/h4-11H,1-3H3,(H,20,23)(H,21,22). The Bertz CT molecular complexity index is 760. The van der Waals surface area contributed by atoms with Crippen LogP contribution < -0.4 is 15.4 Å². The van der Waals surface area contributed by atoms with Crippen LogP contribution in [0, 0.1) is 5.92 Å². The highest BCUT2D eigenvalue weighted by atomic mass is 79.9. The highest BCUT2D eigenvalue weighted by Gasteiger charge is 2.13. The van der Waals surface area contributed by atoms with Gasteiger partial charge in [0.25, 0.3) is 5.91 Å². The molecule has 0 atom stereocenters. The number of methoxy groups -OCH3 is 1. The van der Waals surface area contributed by atoms with Gasteiger partial charge in [-0.1, -0.05) is 35.8 Å². The van der Waals surface area contributed by atoms with Crippen molar-refractivity contribution in [3.63, 3.8) is 0 Å². The fourth-order valence-electron chi connectivity index (χ4n) is 1.98. The number of hydrogen-bond acceptors (Lipinski definition) is 3. The molecular formula is C18H19BrN2O3. The third-order valence-corrected chi connectivity index (χ3v) is 3.82. The summed E-state index contributed by atoms with van der Waals surface area (Å²) in [7, 11) is 1.51. The molecule has 0 aliphatic heterocycles. The van der Waals surface area contributed by atoms with Gasteiger partial charge < -0.3 is 15.4 Å². The minimum Gasteiger partial charge on any atom is -0.494 e. The van der Waals surface area contributed by atoms with Crippen LogP contribution in [0.4, 0.5) is 11.4 Å². The van der Waals surface area contributed by atoms with E-state index in [1.165, 1.54) is 7.11 Å². The Morgan fingerprint density at radius 3 is 2.46 bits per heavy atom. The van der Waals surface area contributed by atoms with Crippen molar-refractivity contribution < 1.29 is 14.3 Å². The van der Waals surface area contributed by atoms with Gasteiger partial charge in [-0.25, -0.2) is 0 Å². The van der Waals surface area contributed by atoms with Crippen molar-refractivity contribution >= 4 is 39.1 Å². The Hall–Kier alpha value is -2.34. The van der Waals surface area contributed by atoms with Gasteiger partial charge in [0.05, 0.1) is 12.8 Å². The van der Waals surface area contributed by atoms with Crippen molar-refractivity contribution in [3.05, 3.63) is 52.5 Å². The molecule has 0 aromatic heterocycles. The zero-order chi connectivity index (χ0) is 17.7. The Labute approximate surface area is 149 Å². The summed E-state index contributed by atoms with van der Waals surface area (Å²) >= 11 is 3.34. The smallest absolute Gasteiger partial charge is 0.255 e. The van der Waals surface area contributed by atoms with Crippen molar-refractivity contribution in [2.24, 2.45) is 5.92 Å². The maximum Gasteiger partial charge on any atom is 0.255 e.